The highest BCUT2D eigenvalue weighted by Gasteiger charge is 2.62. The SMILES string of the molecule is O=C1N(C2CN3CCC2CC3)C(C2CCCC2)NC12CC2. The van der Waals surface area contributed by atoms with Crippen LogP contribution in [0, 0.1) is 11.8 Å². The van der Waals surface area contributed by atoms with Crippen LogP contribution in [0.2, 0.25) is 0 Å². The van der Waals surface area contributed by atoms with Gasteiger partial charge in [0.1, 0.15) is 0 Å². The Bertz CT molecular complexity index is 447. The lowest BCUT2D eigenvalue weighted by Crippen LogP contribution is -2.61. The quantitative estimate of drug-likeness (QED) is 0.838. The summed E-state index contributed by atoms with van der Waals surface area (Å²) >= 11 is 0. The van der Waals surface area contributed by atoms with E-state index >= 15 is 0 Å². The van der Waals surface area contributed by atoms with Crippen LogP contribution in [0.4, 0.5) is 0 Å². The molecule has 0 radical (unpaired) electrons. The maximum atomic E-state index is 13.1. The smallest absolute Gasteiger partial charge is 0.244 e. The van der Waals surface area contributed by atoms with Crippen molar-refractivity contribution in [1.82, 2.24) is 15.1 Å². The van der Waals surface area contributed by atoms with Crippen LogP contribution in [-0.4, -0.2) is 53.1 Å². The van der Waals surface area contributed by atoms with E-state index in [1.54, 1.807) is 0 Å². The molecule has 0 aromatic rings. The number of piperidine rings is 3. The Kier molecular flexibility index (Phi) is 2.73. The van der Waals surface area contributed by atoms with Crippen molar-refractivity contribution in [2.75, 3.05) is 19.6 Å². The standard InChI is InChI=1S/C17H27N3O/c21-16-17(7-8-17)18-15(13-3-1-2-4-13)20(16)14-11-19-9-5-12(14)6-10-19/h12-15,18H,1-11H2. The molecule has 1 spiro atoms. The highest BCUT2D eigenvalue weighted by Crippen LogP contribution is 2.48. The molecule has 2 atom stereocenters. The summed E-state index contributed by atoms with van der Waals surface area (Å²) in [4.78, 5) is 18.0. The van der Waals surface area contributed by atoms with Gasteiger partial charge >= 0.3 is 0 Å². The third-order valence-corrected chi connectivity index (χ3v) is 6.94. The van der Waals surface area contributed by atoms with E-state index in [4.69, 9.17) is 0 Å². The molecule has 21 heavy (non-hydrogen) atoms. The topological polar surface area (TPSA) is 35.6 Å². The van der Waals surface area contributed by atoms with Crippen LogP contribution >= 0.6 is 0 Å². The minimum atomic E-state index is -0.126. The summed E-state index contributed by atoms with van der Waals surface area (Å²) in [6.45, 7) is 3.66. The first-order valence-corrected chi connectivity index (χ1v) is 9.10. The molecular weight excluding hydrogens is 262 g/mol. The number of nitrogens with one attached hydrogen (secondary N) is 1. The van der Waals surface area contributed by atoms with Crippen molar-refractivity contribution >= 4 is 5.91 Å². The van der Waals surface area contributed by atoms with E-state index in [1.165, 1.54) is 51.6 Å². The molecule has 4 aliphatic heterocycles. The molecule has 0 aromatic carbocycles. The largest absolute Gasteiger partial charge is 0.321 e. The highest BCUT2D eigenvalue weighted by molar-refractivity contribution is 5.92. The Labute approximate surface area is 127 Å². The van der Waals surface area contributed by atoms with Gasteiger partial charge in [-0.2, -0.15) is 0 Å². The third kappa shape index (κ3) is 1.84. The van der Waals surface area contributed by atoms with Gasteiger partial charge in [0.2, 0.25) is 5.91 Å². The lowest BCUT2D eigenvalue weighted by atomic mass is 9.82. The molecule has 2 saturated carbocycles. The fraction of sp³-hybridized carbons (Fsp3) is 0.941. The van der Waals surface area contributed by atoms with Gasteiger partial charge in [0.15, 0.2) is 0 Å². The molecule has 2 aliphatic carbocycles. The van der Waals surface area contributed by atoms with E-state index in [1.807, 2.05) is 0 Å². The lowest BCUT2D eigenvalue weighted by Gasteiger charge is -2.50. The second-order valence-corrected chi connectivity index (χ2v) is 8.13. The first-order chi connectivity index (χ1) is 10.3. The van der Waals surface area contributed by atoms with Gasteiger partial charge < -0.3 is 9.80 Å². The molecule has 1 amide bonds. The molecule has 4 heterocycles. The van der Waals surface area contributed by atoms with E-state index in [2.05, 4.69) is 15.1 Å². The Morgan fingerprint density at radius 3 is 2.29 bits per heavy atom. The Hall–Kier alpha value is -0.610. The predicted molar refractivity (Wildman–Crippen MR) is 80.6 cm³/mol. The number of carbonyl (C=O) groups excluding carboxylic acids is 1. The van der Waals surface area contributed by atoms with Gasteiger partial charge in [0, 0.05) is 12.6 Å². The molecular formula is C17H27N3O. The maximum absolute atomic E-state index is 13.1. The zero-order chi connectivity index (χ0) is 14.0. The summed E-state index contributed by atoms with van der Waals surface area (Å²) in [5, 5.41) is 3.80. The number of hydrogen-bond donors (Lipinski definition) is 1. The van der Waals surface area contributed by atoms with Crippen molar-refractivity contribution < 1.29 is 4.79 Å². The van der Waals surface area contributed by atoms with Gasteiger partial charge in [-0.25, -0.2) is 0 Å². The van der Waals surface area contributed by atoms with Crippen LogP contribution in [0.5, 0.6) is 0 Å². The van der Waals surface area contributed by atoms with E-state index in [0.29, 0.717) is 24.0 Å². The van der Waals surface area contributed by atoms with Gasteiger partial charge in [0.05, 0.1) is 11.7 Å². The first kappa shape index (κ1) is 12.9. The molecule has 4 heteroatoms. The number of hydrogen-bond acceptors (Lipinski definition) is 3. The fourth-order valence-corrected chi connectivity index (χ4v) is 5.49. The van der Waals surface area contributed by atoms with Crippen molar-refractivity contribution in [1.29, 1.82) is 0 Å². The van der Waals surface area contributed by atoms with E-state index in [-0.39, 0.29) is 5.54 Å². The Morgan fingerprint density at radius 1 is 1.00 bits per heavy atom. The van der Waals surface area contributed by atoms with Gasteiger partial charge in [0.25, 0.3) is 0 Å². The monoisotopic (exact) mass is 289 g/mol. The third-order valence-electron chi connectivity index (χ3n) is 6.94. The summed E-state index contributed by atoms with van der Waals surface area (Å²) in [6, 6.07) is 0.498. The molecule has 6 rings (SSSR count). The number of amides is 1. The van der Waals surface area contributed by atoms with Crippen molar-refractivity contribution in [3.63, 3.8) is 0 Å². The number of fused-ring (bicyclic) bond motifs is 3. The van der Waals surface area contributed by atoms with Crippen LogP contribution in [0.3, 0.4) is 0 Å². The zero-order valence-electron chi connectivity index (χ0n) is 12.9. The first-order valence-electron chi connectivity index (χ1n) is 9.10. The molecule has 1 N–H and O–H groups in total. The van der Waals surface area contributed by atoms with Gasteiger partial charge in [-0.05, 0) is 63.5 Å². The lowest BCUT2D eigenvalue weighted by molar-refractivity contribution is -0.138. The summed E-state index contributed by atoms with van der Waals surface area (Å²) in [5.41, 5.74) is -0.126. The fourth-order valence-electron chi connectivity index (χ4n) is 5.49. The van der Waals surface area contributed by atoms with Crippen LogP contribution in [0.1, 0.15) is 51.4 Å². The van der Waals surface area contributed by atoms with Crippen molar-refractivity contribution in [2.24, 2.45) is 11.8 Å². The summed E-state index contributed by atoms with van der Waals surface area (Å²) in [6.07, 6.45) is 10.5. The van der Waals surface area contributed by atoms with Gasteiger partial charge in [-0.1, -0.05) is 12.8 Å². The highest BCUT2D eigenvalue weighted by atomic mass is 16.2. The van der Waals surface area contributed by atoms with E-state index in [0.717, 1.165) is 25.3 Å². The minimum Gasteiger partial charge on any atom is -0.321 e. The van der Waals surface area contributed by atoms with Crippen LogP contribution in [0.25, 0.3) is 0 Å². The van der Waals surface area contributed by atoms with Crippen LogP contribution < -0.4 is 5.32 Å². The van der Waals surface area contributed by atoms with Crippen molar-refractivity contribution in [2.45, 2.75) is 69.1 Å². The Morgan fingerprint density at radius 2 is 1.71 bits per heavy atom. The van der Waals surface area contributed by atoms with E-state index < -0.39 is 0 Å². The molecule has 4 nitrogen and oxygen atoms in total. The zero-order valence-corrected chi connectivity index (χ0v) is 12.9. The summed E-state index contributed by atoms with van der Waals surface area (Å²) in [7, 11) is 0. The molecule has 6 aliphatic rings. The second-order valence-electron chi connectivity index (χ2n) is 8.13. The molecule has 2 unspecified atom stereocenters. The molecule has 6 fully saturated rings. The minimum absolute atomic E-state index is 0.126. The van der Waals surface area contributed by atoms with Crippen LogP contribution in [0.15, 0.2) is 0 Å². The van der Waals surface area contributed by atoms with Gasteiger partial charge in [-0.15, -0.1) is 0 Å². The van der Waals surface area contributed by atoms with Gasteiger partial charge in [-0.3, -0.25) is 10.1 Å². The summed E-state index contributed by atoms with van der Waals surface area (Å²) in [5.74, 6) is 1.93. The van der Waals surface area contributed by atoms with Crippen LogP contribution in [-0.2, 0) is 4.79 Å². The number of rotatable bonds is 2. The molecule has 116 valence electrons. The van der Waals surface area contributed by atoms with Crippen molar-refractivity contribution in [3.05, 3.63) is 0 Å². The molecule has 0 aromatic heterocycles. The Balaban J connectivity index is 1.45. The normalized spacial score (nSPS) is 45.0. The number of nitrogens with zero attached hydrogens (tertiary/aromatic N) is 2. The maximum Gasteiger partial charge on any atom is 0.244 e. The average Bonchev–Trinajstić information content (AvgIpc) is 2.99. The number of carbonyl (C=O) groups is 1. The molecule has 2 bridgehead atoms. The predicted octanol–water partition coefficient (Wildman–Crippen LogP) is 1.56. The van der Waals surface area contributed by atoms with Crippen molar-refractivity contribution in [3.8, 4) is 0 Å². The van der Waals surface area contributed by atoms with E-state index in [9.17, 15) is 4.79 Å². The second kappa shape index (κ2) is 4.45. The molecule has 4 saturated heterocycles. The summed E-state index contributed by atoms with van der Waals surface area (Å²) < 4.78 is 0. The average molecular weight is 289 g/mol.